The largest absolute Gasteiger partial charge is 0.493 e. The molecule has 1 aromatic carbocycles. The maximum atomic E-state index is 11.2. The van der Waals surface area contributed by atoms with Gasteiger partial charge in [-0.3, -0.25) is 4.79 Å². The summed E-state index contributed by atoms with van der Waals surface area (Å²) in [6.45, 7) is 7.46. The van der Waals surface area contributed by atoms with E-state index in [0.717, 1.165) is 11.3 Å². The van der Waals surface area contributed by atoms with Gasteiger partial charge in [-0.2, -0.15) is 0 Å². The van der Waals surface area contributed by atoms with E-state index in [2.05, 4.69) is 31.4 Å². The van der Waals surface area contributed by atoms with Crippen molar-refractivity contribution in [2.24, 2.45) is 0 Å². The number of nitrogens with one attached hydrogen (secondary N) is 2. The van der Waals surface area contributed by atoms with Crippen LogP contribution in [0.4, 0.5) is 0 Å². The fourth-order valence-corrected chi connectivity index (χ4v) is 1.97. The highest BCUT2D eigenvalue weighted by atomic mass is 35.5. The molecule has 1 aromatic rings. The lowest BCUT2D eigenvalue weighted by molar-refractivity contribution is -0.120. The van der Waals surface area contributed by atoms with E-state index in [0.29, 0.717) is 31.0 Å². The zero-order valence-electron chi connectivity index (χ0n) is 13.3. The summed E-state index contributed by atoms with van der Waals surface area (Å²) in [6.07, 6.45) is 1.14. The minimum atomic E-state index is 0.00958. The van der Waals surface area contributed by atoms with Gasteiger partial charge in [0.25, 0.3) is 0 Å². The van der Waals surface area contributed by atoms with Crippen LogP contribution in [0.2, 0.25) is 5.02 Å². The van der Waals surface area contributed by atoms with Gasteiger partial charge in [0.05, 0.1) is 6.61 Å². The van der Waals surface area contributed by atoms with Crippen LogP contribution in [0, 0.1) is 0 Å². The third-order valence-corrected chi connectivity index (χ3v) is 3.31. The number of hydrogen-bond acceptors (Lipinski definition) is 3. The molecule has 0 bridgehead atoms. The predicted molar refractivity (Wildman–Crippen MR) is 86.8 cm³/mol. The van der Waals surface area contributed by atoms with Crippen LogP contribution in [0.3, 0.4) is 0 Å². The van der Waals surface area contributed by atoms with Crippen LogP contribution >= 0.6 is 11.6 Å². The second-order valence-corrected chi connectivity index (χ2v) is 6.35. The molecule has 21 heavy (non-hydrogen) atoms. The van der Waals surface area contributed by atoms with Crippen molar-refractivity contribution >= 4 is 17.5 Å². The van der Waals surface area contributed by atoms with Crippen molar-refractivity contribution in [3.63, 3.8) is 0 Å². The highest BCUT2D eigenvalue weighted by molar-refractivity contribution is 6.31. The molecule has 1 rings (SSSR count). The number of carbonyl (C=O) groups is 1. The van der Waals surface area contributed by atoms with Gasteiger partial charge in [0.15, 0.2) is 0 Å². The number of benzene rings is 1. The van der Waals surface area contributed by atoms with E-state index in [4.69, 9.17) is 16.3 Å². The molecule has 4 nitrogen and oxygen atoms in total. The number of rotatable bonds is 7. The second-order valence-electron chi connectivity index (χ2n) is 5.95. The Morgan fingerprint density at radius 1 is 1.33 bits per heavy atom. The third-order valence-electron chi connectivity index (χ3n) is 2.96. The normalized spacial score (nSPS) is 11.3. The van der Waals surface area contributed by atoms with E-state index < -0.39 is 0 Å². The SMILES string of the molecule is CNC(=O)CCCOc1cccc(Cl)c1CNC(C)(C)C. The monoisotopic (exact) mass is 312 g/mol. The molecule has 0 aromatic heterocycles. The first-order valence-electron chi connectivity index (χ1n) is 7.19. The molecule has 0 unspecified atom stereocenters. The summed E-state index contributed by atoms with van der Waals surface area (Å²) in [5.74, 6) is 0.801. The fourth-order valence-electron chi connectivity index (χ4n) is 1.74. The first-order chi connectivity index (χ1) is 9.83. The molecule has 0 fully saturated rings. The molecule has 2 N–H and O–H groups in total. The third kappa shape index (κ3) is 6.82. The zero-order valence-corrected chi connectivity index (χ0v) is 14.0. The van der Waals surface area contributed by atoms with Crippen LogP contribution < -0.4 is 15.4 Å². The maximum absolute atomic E-state index is 11.2. The van der Waals surface area contributed by atoms with Crippen molar-refractivity contribution in [2.45, 2.75) is 45.7 Å². The molecule has 0 aliphatic rings. The molecule has 0 heterocycles. The molecule has 0 aliphatic carbocycles. The first-order valence-corrected chi connectivity index (χ1v) is 7.57. The molecule has 1 amide bonds. The summed E-state index contributed by atoms with van der Waals surface area (Å²) in [7, 11) is 1.64. The van der Waals surface area contributed by atoms with E-state index in [1.165, 1.54) is 0 Å². The van der Waals surface area contributed by atoms with E-state index in [-0.39, 0.29) is 11.4 Å². The van der Waals surface area contributed by atoms with Crippen LogP contribution in [0.15, 0.2) is 18.2 Å². The summed E-state index contributed by atoms with van der Waals surface area (Å²) in [5.41, 5.74) is 0.962. The first kappa shape index (κ1) is 17.8. The minimum Gasteiger partial charge on any atom is -0.493 e. The van der Waals surface area contributed by atoms with Gasteiger partial charge in [-0.15, -0.1) is 0 Å². The van der Waals surface area contributed by atoms with Gasteiger partial charge >= 0.3 is 0 Å². The van der Waals surface area contributed by atoms with E-state index in [9.17, 15) is 4.79 Å². The number of halogens is 1. The Morgan fingerprint density at radius 2 is 2.05 bits per heavy atom. The summed E-state index contributed by atoms with van der Waals surface area (Å²) in [4.78, 5) is 11.2. The fraction of sp³-hybridized carbons (Fsp3) is 0.562. The van der Waals surface area contributed by atoms with Crippen LogP contribution in [0.1, 0.15) is 39.2 Å². The Labute approximate surface area is 132 Å². The Kier molecular flexibility index (Phi) is 6.99. The van der Waals surface area contributed by atoms with Gasteiger partial charge in [0.1, 0.15) is 5.75 Å². The van der Waals surface area contributed by atoms with E-state index in [1.54, 1.807) is 7.05 Å². The number of hydrogen-bond donors (Lipinski definition) is 2. The molecule has 0 atom stereocenters. The molecule has 0 radical (unpaired) electrons. The Balaban J connectivity index is 2.60. The molecular weight excluding hydrogens is 288 g/mol. The minimum absolute atomic E-state index is 0.00958. The summed E-state index contributed by atoms with van der Waals surface area (Å²) < 4.78 is 5.77. The Morgan fingerprint density at radius 3 is 2.67 bits per heavy atom. The average Bonchev–Trinajstić information content (AvgIpc) is 2.41. The maximum Gasteiger partial charge on any atom is 0.219 e. The van der Waals surface area contributed by atoms with Gasteiger partial charge in [-0.25, -0.2) is 0 Å². The molecule has 5 heteroatoms. The van der Waals surface area contributed by atoms with Crippen LogP contribution in [0.25, 0.3) is 0 Å². The van der Waals surface area contributed by atoms with Crippen molar-refractivity contribution in [1.82, 2.24) is 10.6 Å². The van der Waals surface area contributed by atoms with Crippen molar-refractivity contribution in [1.29, 1.82) is 0 Å². The quantitative estimate of drug-likeness (QED) is 0.761. The lowest BCUT2D eigenvalue weighted by Crippen LogP contribution is -2.35. The van der Waals surface area contributed by atoms with E-state index >= 15 is 0 Å². The van der Waals surface area contributed by atoms with Crippen LogP contribution in [-0.4, -0.2) is 25.1 Å². The second kappa shape index (κ2) is 8.25. The van der Waals surface area contributed by atoms with Crippen LogP contribution in [0.5, 0.6) is 5.75 Å². The topological polar surface area (TPSA) is 50.4 Å². The number of carbonyl (C=O) groups excluding carboxylic acids is 1. The molecule has 0 aliphatic heterocycles. The number of ether oxygens (including phenoxy) is 1. The molecular formula is C16H25ClN2O2. The smallest absolute Gasteiger partial charge is 0.219 e. The average molecular weight is 313 g/mol. The standard InChI is InChI=1S/C16H25ClN2O2/c1-16(2,3)19-11-12-13(17)7-5-8-14(12)21-10-6-9-15(20)18-4/h5,7-8,19H,6,9-11H2,1-4H3,(H,18,20). The van der Waals surface area contributed by atoms with Gasteiger partial charge < -0.3 is 15.4 Å². The predicted octanol–water partition coefficient (Wildman–Crippen LogP) is 3.13. The van der Waals surface area contributed by atoms with Gasteiger partial charge in [0.2, 0.25) is 5.91 Å². The zero-order chi connectivity index (χ0) is 15.9. The van der Waals surface area contributed by atoms with Crippen molar-refractivity contribution in [3.8, 4) is 5.75 Å². The van der Waals surface area contributed by atoms with Crippen LogP contribution in [-0.2, 0) is 11.3 Å². The lowest BCUT2D eigenvalue weighted by atomic mass is 10.1. The van der Waals surface area contributed by atoms with Crippen molar-refractivity contribution in [3.05, 3.63) is 28.8 Å². The molecule has 118 valence electrons. The van der Waals surface area contributed by atoms with Crippen molar-refractivity contribution in [2.75, 3.05) is 13.7 Å². The highest BCUT2D eigenvalue weighted by Crippen LogP contribution is 2.27. The molecule has 0 spiro atoms. The summed E-state index contributed by atoms with van der Waals surface area (Å²) >= 11 is 6.26. The lowest BCUT2D eigenvalue weighted by Gasteiger charge is -2.22. The Hall–Kier alpha value is -1.26. The van der Waals surface area contributed by atoms with E-state index in [1.807, 2.05) is 18.2 Å². The Bertz CT molecular complexity index is 470. The molecule has 0 saturated carbocycles. The van der Waals surface area contributed by atoms with Crippen molar-refractivity contribution < 1.29 is 9.53 Å². The molecule has 0 saturated heterocycles. The van der Waals surface area contributed by atoms with Gasteiger partial charge in [-0.05, 0) is 39.3 Å². The number of amides is 1. The van der Waals surface area contributed by atoms with Gasteiger partial charge in [0, 0.05) is 36.1 Å². The summed E-state index contributed by atoms with van der Waals surface area (Å²) in [5, 5.41) is 6.69. The highest BCUT2D eigenvalue weighted by Gasteiger charge is 2.13. The van der Waals surface area contributed by atoms with Gasteiger partial charge in [-0.1, -0.05) is 17.7 Å². The summed E-state index contributed by atoms with van der Waals surface area (Å²) in [6, 6.07) is 5.64.